The second-order valence-electron chi connectivity index (χ2n) is 10.3. The number of carbonyl (C=O) groups excluding carboxylic acids is 2. The lowest BCUT2D eigenvalue weighted by molar-refractivity contribution is -0.153. The maximum Gasteiger partial charge on any atom is 0.321 e. The van der Waals surface area contributed by atoms with Crippen LogP contribution in [0.3, 0.4) is 0 Å². The van der Waals surface area contributed by atoms with Crippen LogP contribution in [-0.2, 0) is 20.7 Å². The minimum Gasteiger partial charge on any atom is -0.494 e. The van der Waals surface area contributed by atoms with E-state index in [0.29, 0.717) is 31.4 Å². The fraction of sp³-hybridized carbons (Fsp3) is 0.344. The third kappa shape index (κ3) is 5.53. The van der Waals surface area contributed by atoms with Crippen molar-refractivity contribution in [2.24, 2.45) is 11.8 Å². The van der Waals surface area contributed by atoms with Crippen molar-refractivity contribution in [3.63, 3.8) is 0 Å². The van der Waals surface area contributed by atoms with Crippen molar-refractivity contribution in [1.29, 1.82) is 0 Å². The Balaban J connectivity index is 1.57. The zero-order valence-corrected chi connectivity index (χ0v) is 22.7. The molecule has 0 bridgehead atoms. The van der Waals surface area contributed by atoms with E-state index in [9.17, 15) is 9.59 Å². The number of carbonyl (C=O) groups is 2. The molecule has 5 rings (SSSR count). The Morgan fingerprint density at radius 1 is 0.974 bits per heavy atom. The van der Waals surface area contributed by atoms with Gasteiger partial charge in [-0.1, -0.05) is 68.4 Å². The number of ether oxygens (including phenoxy) is 2. The molecule has 1 aliphatic rings. The van der Waals surface area contributed by atoms with E-state index in [0.717, 1.165) is 34.3 Å². The van der Waals surface area contributed by atoms with Crippen molar-refractivity contribution in [1.82, 2.24) is 9.55 Å². The number of imidazole rings is 1. The Morgan fingerprint density at radius 2 is 1.69 bits per heavy atom. The molecule has 4 aromatic rings. The zero-order chi connectivity index (χ0) is 27.4. The average molecular weight is 526 g/mol. The Morgan fingerprint density at radius 3 is 2.41 bits per heavy atom. The third-order valence-electron chi connectivity index (χ3n) is 7.14. The average Bonchev–Trinajstić information content (AvgIpc) is 3.32. The summed E-state index contributed by atoms with van der Waals surface area (Å²) in [5, 5.41) is 0. The van der Waals surface area contributed by atoms with Gasteiger partial charge in [0.15, 0.2) is 5.92 Å². The first-order valence-corrected chi connectivity index (χ1v) is 13.7. The minimum atomic E-state index is -1.04. The summed E-state index contributed by atoms with van der Waals surface area (Å²) in [5.74, 6) is -0.0131. The molecule has 2 atom stereocenters. The number of benzene rings is 3. The monoisotopic (exact) mass is 525 g/mol. The Kier molecular flexibility index (Phi) is 7.96. The van der Waals surface area contributed by atoms with Crippen LogP contribution in [0, 0.1) is 11.8 Å². The quantitative estimate of drug-likeness (QED) is 0.193. The first kappa shape index (κ1) is 26.5. The van der Waals surface area contributed by atoms with Gasteiger partial charge in [-0.3, -0.25) is 14.5 Å². The number of aromatic nitrogens is 2. The molecular weight excluding hydrogens is 490 g/mol. The van der Waals surface area contributed by atoms with Gasteiger partial charge in [0, 0.05) is 6.54 Å². The fourth-order valence-electron chi connectivity index (χ4n) is 5.12. The smallest absolute Gasteiger partial charge is 0.321 e. The molecule has 0 fully saturated rings. The molecule has 1 aliphatic heterocycles. The van der Waals surface area contributed by atoms with E-state index in [1.807, 2.05) is 83.4 Å². The van der Waals surface area contributed by atoms with Crippen LogP contribution in [0.1, 0.15) is 44.4 Å². The normalized spacial score (nSPS) is 16.9. The molecule has 3 aromatic carbocycles. The number of esters is 1. The molecular formula is C32H35N3O4. The second-order valence-corrected chi connectivity index (χ2v) is 10.3. The molecule has 0 radical (unpaired) electrons. The van der Waals surface area contributed by atoms with Gasteiger partial charge in [0.2, 0.25) is 11.9 Å². The Labute approximate surface area is 229 Å². The summed E-state index contributed by atoms with van der Waals surface area (Å²) in [7, 11) is 0. The Bertz CT molecular complexity index is 1430. The summed E-state index contributed by atoms with van der Waals surface area (Å²) in [6.45, 7) is 7.32. The van der Waals surface area contributed by atoms with Gasteiger partial charge >= 0.3 is 5.97 Å². The van der Waals surface area contributed by atoms with Crippen LogP contribution in [0.4, 0.5) is 5.95 Å². The third-order valence-corrected chi connectivity index (χ3v) is 7.14. The molecule has 0 N–H and O–H groups in total. The highest BCUT2D eigenvalue weighted by Crippen LogP contribution is 2.41. The zero-order valence-electron chi connectivity index (χ0n) is 22.7. The number of anilines is 1. The Hall–Kier alpha value is -4.13. The number of para-hydroxylation sites is 2. The highest BCUT2D eigenvalue weighted by Gasteiger charge is 2.47. The summed E-state index contributed by atoms with van der Waals surface area (Å²) >= 11 is 0. The van der Waals surface area contributed by atoms with Crippen LogP contribution >= 0.6 is 0 Å². The molecule has 202 valence electrons. The summed E-state index contributed by atoms with van der Waals surface area (Å²) in [5.41, 5.74) is 3.56. The fourth-order valence-corrected chi connectivity index (χ4v) is 5.12. The van der Waals surface area contributed by atoms with Crippen molar-refractivity contribution in [3.8, 4) is 5.75 Å². The number of amides is 1. The van der Waals surface area contributed by atoms with Crippen LogP contribution in [0.2, 0.25) is 0 Å². The molecule has 0 saturated carbocycles. The topological polar surface area (TPSA) is 73.7 Å². The molecule has 2 unspecified atom stereocenters. The predicted octanol–water partition coefficient (Wildman–Crippen LogP) is 5.82. The number of rotatable bonds is 10. The number of hydrogen-bond donors (Lipinski definition) is 0. The van der Waals surface area contributed by atoms with E-state index >= 15 is 0 Å². The summed E-state index contributed by atoms with van der Waals surface area (Å²) in [6, 6.07) is 24.9. The molecule has 1 amide bonds. The standard InChI is InChI=1S/C32H35N3O4/c1-4-38-31(37)28-29(24-14-16-25(17-15-24)39-21-19-22(2)3)35-27-13-9-8-12-26(27)33-32(35)34(30(28)36)20-18-23-10-6-5-7-11-23/h5-17,22,28-29H,4,18-21H2,1-3H3. The highest BCUT2D eigenvalue weighted by atomic mass is 16.5. The lowest BCUT2D eigenvalue weighted by atomic mass is 9.89. The maximum absolute atomic E-state index is 14.1. The van der Waals surface area contributed by atoms with E-state index in [1.54, 1.807) is 11.8 Å². The van der Waals surface area contributed by atoms with Gasteiger partial charge < -0.3 is 14.0 Å². The number of nitrogens with zero attached hydrogens (tertiary/aromatic N) is 3. The number of hydrogen-bond acceptors (Lipinski definition) is 5. The van der Waals surface area contributed by atoms with Gasteiger partial charge in [-0.05, 0) is 61.1 Å². The largest absolute Gasteiger partial charge is 0.494 e. The van der Waals surface area contributed by atoms with Gasteiger partial charge in [0.05, 0.1) is 30.3 Å². The lowest BCUT2D eigenvalue weighted by Gasteiger charge is -2.38. The van der Waals surface area contributed by atoms with Crippen molar-refractivity contribution in [2.45, 2.75) is 39.7 Å². The first-order valence-electron chi connectivity index (χ1n) is 13.7. The summed E-state index contributed by atoms with van der Waals surface area (Å²) in [6.07, 6.45) is 1.60. The number of fused-ring (bicyclic) bond motifs is 3. The van der Waals surface area contributed by atoms with Crippen molar-refractivity contribution in [2.75, 3.05) is 24.7 Å². The molecule has 2 heterocycles. The molecule has 7 nitrogen and oxygen atoms in total. The van der Waals surface area contributed by atoms with Gasteiger partial charge in [-0.25, -0.2) is 4.98 Å². The first-order chi connectivity index (χ1) is 19.0. The molecule has 0 spiro atoms. The van der Waals surface area contributed by atoms with Gasteiger partial charge in [-0.2, -0.15) is 0 Å². The van der Waals surface area contributed by atoms with E-state index in [-0.39, 0.29) is 12.5 Å². The van der Waals surface area contributed by atoms with E-state index < -0.39 is 17.9 Å². The van der Waals surface area contributed by atoms with Crippen LogP contribution in [0.25, 0.3) is 11.0 Å². The van der Waals surface area contributed by atoms with Crippen LogP contribution in [0.5, 0.6) is 5.75 Å². The van der Waals surface area contributed by atoms with Crippen LogP contribution in [-0.4, -0.2) is 41.2 Å². The van der Waals surface area contributed by atoms with E-state index in [4.69, 9.17) is 14.5 Å². The van der Waals surface area contributed by atoms with Gasteiger partial charge in [-0.15, -0.1) is 0 Å². The van der Waals surface area contributed by atoms with Gasteiger partial charge in [0.1, 0.15) is 5.75 Å². The van der Waals surface area contributed by atoms with Crippen molar-refractivity contribution >= 4 is 28.9 Å². The van der Waals surface area contributed by atoms with Gasteiger partial charge in [0.25, 0.3) is 0 Å². The highest BCUT2D eigenvalue weighted by molar-refractivity contribution is 6.08. The maximum atomic E-state index is 14.1. The van der Waals surface area contributed by atoms with E-state index in [2.05, 4.69) is 13.8 Å². The molecule has 1 aromatic heterocycles. The minimum absolute atomic E-state index is 0.194. The van der Waals surface area contributed by atoms with Crippen molar-refractivity contribution in [3.05, 3.63) is 90.0 Å². The van der Waals surface area contributed by atoms with Crippen LogP contribution < -0.4 is 9.64 Å². The summed E-state index contributed by atoms with van der Waals surface area (Å²) < 4.78 is 13.4. The van der Waals surface area contributed by atoms with Crippen molar-refractivity contribution < 1.29 is 19.1 Å². The molecule has 0 aliphatic carbocycles. The predicted molar refractivity (Wildman–Crippen MR) is 152 cm³/mol. The molecule has 39 heavy (non-hydrogen) atoms. The molecule has 0 saturated heterocycles. The molecule has 7 heteroatoms. The second kappa shape index (κ2) is 11.7. The lowest BCUT2D eigenvalue weighted by Crippen LogP contribution is -2.50. The van der Waals surface area contributed by atoms with Crippen LogP contribution in [0.15, 0.2) is 78.9 Å². The van der Waals surface area contributed by atoms with E-state index in [1.165, 1.54) is 0 Å². The summed E-state index contributed by atoms with van der Waals surface area (Å²) in [4.78, 5) is 34.1. The SMILES string of the molecule is CCOC(=O)C1C(=O)N(CCc2ccccc2)c2nc3ccccc3n2C1c1ccc(OCCC(C)C)cc1.